The largest absolute Gasteiger partial charge is 0.418 e. The predicted octanol–water partition coefficient (Wildman–Crippen LogP) is 4.53. The molecule has 0 fully saturated rings. The summed E-state index contributed by atoms with van der Waals surface area (Å²) in [7, 11) is 0. The minimum atomic E-state index is -4.70. The molecule has 14 heteroatoms. The van der Waals surface area contributed by atoms with E-state index in [9.17, 15) is 22.8 Å². The number of rotatable bonds is 6. The number of nitrogens with zero attached hydrogens (tertiary/aromatic N) is 5. The van der Waals surface area contributed by atoms with Gasteiger partial charge in [0.2, 0.25) is 0 Å². The molecule has 4 heterocycles. The maximum absolute atomic E-state index is 13.0. The molecule has 4 rings (SSSR count). The standard InChI is InChI=1S/C21H15ClF3N7O2S/c1-11(30-18(33)15-9-32(10-29-15)12-2-4-26-5-3-12)20-28-8-16(35-20)19(34)31-17-6-13(21(23,24)25)14(22)7-27-17/h2-11H,1H3,(H,30,33)(H,27,31,34)/t11-/m1/s1. The molecule has 9 nitrogen and oxygen atoms in total. The van der Waals surface area contributed by atoms with Gasteiger partial charge in [-0.2, -0.15) is 13.2 Å². The summed E-state index contributed by atoms with van der Waals surface area (Å²) in [4.78, 5) is 41.1. The molecule has 2 N–H and O–H groups in total. The van der Waals surface area contributed by atoms with Gasteiger partial charge in [-0.25, -0.2) is 15.0 Å². The highest BCUT2D eigenvalue weighted by Crippen LogP contribution is 2.35. The molecule has 0 aliphatic heterocycles. The second-order valence-electron chi connectivity index (χ2n) is 7.13. The molecule has 35 heavy (non-hydrogen) atoms. The van der Waals surface area contributed by atoms with Crippen molar-refractivity contribution in [3.63, 3.8) is 0 Å². The highest BCUT2D eigenvalue weighted by atomic mass is 35.5. The third-order valence-corrected chi connectivity index (χ3v) is 6.12. The van der Waals surface area contributed by atoms with Crippen molar-refractivity contribution < 1.29 is 22.8 Å². The number of thiazole rings is 1. The Labute approximate surface area is 205 Å². The van der Waals surface area contributed by atoms with Crippen LogP contribution in [-0.4, -0.2) is 36.3 Å². The van der Waals surface area contributed by atoms with Crippen LogP contribution in [-0.2, 0) is 6.18 Å². The summed E-state index contributed by atoms with van der Waals surface area (Å²) in [5, 5.41) is 4.87. The van der Waals surface area contributed by atoms with Gasteiger partial charge in [0.25, 0.3) is 11.8 Å². The zero-order valence-corrected chi connectivity index (χ0v) is 19.3. The maximum atomic E-state index is 13.0. The van der Waals surface area contributed by atoms with Gasteiger partial charge >= 0.3 is 6.18 Å². The van der Waals surface area contributed by atoms with E-state index in [0.717, 1.165) is 23.2 Å². The van der Waals surface area contributed by atoms with Crippen LogP contribution < -0.4 is 10.6 Å². The van der Waals surface area contributed by atoms with Gasteiger partial charge in [-0.05, 0) is 25.1 Å². The normalized spacial score (nSPS) is 12.3. The molecule has 0 saturated heterocycles. The molecule has 0 radical (unpaired) electrons. The van der Waals surface area contributed by atoms with Crippen molar-refractivity contribution >= 4 is 40.6 Å². The Kier molecular flexibility index (Phi) is 6.80. The maximum Gasteiger partial charge on any atom is 0.418 e. The van der Waals surface area contributed by atoms with Crippen molar-refractivity contribution in [1.82, 2.24) is 29.8 Å². The molecule has 180 valence electrons. The lowest BCUT2D eigenvalue weighted by Crippen LogP contribution is -2.26. The van der Waals surface area contributed by atoms with E-state index < -0.39 is 34.6 Å². The van der Waals surface area contributed by atoms with Crippen molar-refractivity contribution in [2.24, 2.45) is 0 Å². The minimum Gasteiger partial charge on any atom is -0.342 e. The molecule has 1 atom stereocenters. The van der Waals surface area contributed by atoms with E-state index in [2.05, 4.69) is 30.6 Å². The highest BCUT2D eigenvalue weighted by Gasteiger charge is 2.34. The van der Waals surface area contributed by atoms with Gasteiger partial charge in [0, 0.05) is 30.5 Å². The Morgan fingerprint density at radius 3 is 2.57 bits per heavy atom. The number of carbonyl (C=O) groups excluding carboxylic acids is 2. The summed E-state index contributed by atoms with van der Waals surface area (Å²) < 4.78 is 40.7. The molecule has 4 aromatic rings. The molecule has 0 bridgehead atoms. The monoisotopic (exact) mass is 521 g/mol. The van der Waals surface area contributed by atoms with E-state index in [1.54, 1.807) is 42.2 Å². The van der Waals surface area contributed by atoms with E-state index >= 15 is 0 Å². The zero-order valence-electron chi connectivity index (χ0n) is 17.7. The van der Waals surface area contributed by atoms with E-state index in [0.29, 0.717) is 11.1 Å². The number of aromatic nitrogens is 5. The molecule has 4 aromatic heterocycles. The molecular weight excluding hydrogens is 507 g/mol. The Bertz CT molecular complexity index is 1370. The molecule has 0 aliphatic carbocycles. The number of hydrogen-bond acceptors (Lipinski definition) is 7. The van der Waals surface area contributed by atoms with Gasteiger partial charge in [-0.15, -0.1) is 11.3 Å². The van der Waals surface area contributed by atoms with Crippen LogP contribution in [0.1, 0.15) is 43.7 Å². The van der Waals surface area contributed by atoms with E-state index in [4.69, 9.17) is 11.6 Å². The van der Waals surface area contributed by atoms with Gasteiger partial charge in [0.05, 0.1) is 22.8 Å². The number of amides is 2. The van der Waals surface area contributed by atoms with E-state index in [1.165, 1.54) is 12.5 Å². The lowest BCUT2D eigenvalue weighted by atomic mass is 10.2. The molecule has 2 amide bonds. The smallest absolute Gasteiger partial charge is 0.342 e. The SMILES string of the molecule is C[C@@H](NC(=O)c1cn(-c2ccncc2)cn1)c1ncc(C(=O)Nc2cc(C(F)(F)F)c(Cl)cn2)s1. The predicted molar refractivity (Wildman–Crippen MR) is 122 cm³/mol. The van der Waals surface area contributed by atoms with Gasteiger partial charge in [-0.3, -0.25) is 14.6 Å². The average Bonchev–Trinajstić information content (AvgIpc) is 3.51. The van der Waals surface area contributed by atoms with Crippen LogP contribution in [0.5, 0.6) is 0 Å². The highest BCUT2D eigenvalue weighted by molar-refractivity contribution is 7.13. The summed E-state index contributed by atoms with van der Waals surface area (Å²) in [6.07, 6.45) is 3.67. The van der Waals surface area contributed by atoms with Crippen LogP contribution in [0.4, 0.5) is 19.0 Å². The van der Waals surface area contributed by atoms with Crippen molar-refractivity contribution in [3.05, 3.63) is 81.7 Å². The number of carbonyl (C=O) groups is 2. The fourth-order valence-electron chi connectivity index (χ4n) is 2.92. The zero-order chi connectivity index (χ0) is 25.2. The van der Waals surface area contributed by atoms with Crippen molar-refractivity contribution in [2.75, 3.05) is 5.32 Å². The van der Waals surface area contributed by atoms with Gasteiger partial charge < -0.3 is 15.2 Å². The second kappa shape index (κ2) is 9.80. The van der Waals surface area contributed by atoms with Gasteiger partial charge in [0.15, 0.2) is 0 Å². The molecular formula is C21H15ClF3N7O2S. The fraction of sp³-hybridized carbons (Fsp3) is 0.143. The molecule has 0 saturated carbocycles. The van der Waals surface area contributed by atoms with E-state index in [1.807, 2.05) is 0 Å². The van der Waals surface area contributed by atoms with Crippen LogP contribution in [0.2, 0.25) is 5.02 Å². The van der Waals surface area contributed by atoms with Crippen molar-refractivity contribution in [3.8, 4) is 5.69 Å². The van der Waals surface area contributed by atoms with Crippen molar-refractivity contribution in [2.45, 2.75) is 19.1 Å². The number of hydrogen-bond donors (Lipinski definition) is 2. The summed E-state index contributed by atoms with van der Waals surface area (Å²) in [6, 6.07) is 3.61. The Hall–Kier alpha value is -3.84. The Morgan fingerprint density at radius 2 is 1.86 bits per heavy atom. The molecule has 0 aromatic carbocycles. The van der Waals surface area contributed by atoms with E-state index in [-0.39, 0.29) is 16.4 Å². The summed E-state index contributed by atoms with van der Waals surface area (Å²) in [5.41, 5.74) is -0.151. The number of halogens is 4. The third-order valence-electron chi connectivity index (χ3n) is 4.64. The third kappa shape index (κ3) is 5.63. The lowest BCUT2D eigenvalue weighted by molar-refractivity contribution is -0.137. The first-order valence-electron chi connectivity index (χ1n) is 9.87. The number of alkyl halides is 3. The first-order valence-corrected chi connectivity index (χ1v) is 11.1. The fourth-order valence-corrected chi connectivity index (χ4v) is 3.95. The summed E-state index contributed by atoms with van der Waals surface area (Å²) >= 11 is 6.52. The quantitative estimate of drug-likeness (QED) is 0.385. The molecule has 0 spiro atoms. The first kappa shape index (κ1) is 24.3. The molecule has 0 unspecified atom stereocenters. The Morgan fingerprint density at radius 1 is 1.11 bits per heavy atom. The summed E-state index contributed by atoms with van der Waals surface area (Å²) in [5.74, 6) is -1.46. The van der Waals surface area contributed by atoms with Gasteiger partial charge in [-0.1, -0.05) is 11.6 Å². The summed E-state index contributed by atoms with van der Waals surface area (Å²) in [6.45, 7) is 1.68. The van der Waals surface area contributed by atoms with Crippen LogP contribution in [0.25, 0.3) is 5.69 Å². The van der Waals surface area contributed by atoms with Gasteiger partial charge in [0.1, 0.15) is 27.7 Å². The molecule has 0 aliphatic rings. The van der Waals surface area contributed by atoms with Crippen LogP contribution in [0.3, 0.4) is 0 Å². The Balaban J connectivity index is 1.41. The van der Waals surface area contributed by atoms with Crippen LogP contribution >= 0.6 is 22.9 Å². The number of imidazole rings is 1. The number of nitrogens with one attached hydrogen (secondary N) is 2. The second-order valence-corrected chi connectivity index (χ2v) is 8.60. The lowest BCUT2D eigenvalue weighted by Gasteiger charge is -2.10. The van der Waals surface area contributed by atoms with Crippen molar-refractivity contribution in [1.29, 1.82) is 0 Å². The number of pyridine rings is 2. The topological polar surface area (TPSA) is 115 Å². The minimum absolute atomic E-state index is 0.119. The van der Waals surface area contributed by atoms with Crippen LogP contribution in [0.15, 0.2) is 55.5 Å². The first-order chi connectivity index (χ1) is 16.6. The van der Waals surface area contributed by atoms with Crippen LogP contribution in [0, 0.1) is 0 Å². The average molecular weight is 522 g/mol. The number of anilines is 1.